The molecule has 0 amide bonds. The summed E-state index contributed by atoms with van der Waals surface area (Å²) in [5, 5.41) is 0.702. The first kappa shape index (κ1) is 25.1. The first-order valence-electron chi connectivity index (χ1n) is 11.1. The fourth-order valence-electron chi connectivity index (χ4n) is 3.66. The van der Waals surface area contributed by atoms with Crippen molar-refractivity contribution in [3.63, 3.8) is 0 Å². The van der Waals surface area contributed by atoms with Crippen molar-refractivity contribution < 1.29 is 0 Å². The standard InChI is InChI=1S/C29H39NS/c1-11-28(30(23(7)31)26-15-12-20(4)21(5)16-26)25-14-13-24(27(18-25)19(2)3)17-22(6)29(8,9)10/h11-16,18-19,31H,6-7,17H2,1-5,8-10H3/b28-11-. The predicted octanol–water partition coefficient (Wildman–Crippen LogP) is 8.84. The van der Waals surface area contributed by atoms with Gasteiger partial charge in [0.15, 0.2) is 0 Å². The largest absolute Gasteiger partial charge is 0.305 e. The van der Waals surface area contributed by atoms with E-state index in [2.05, 4.69) is 129 Å². The Hall–Kier alpha value is -2.19. The maximum absolute atomic E-state index is 4.65. The van der Waals surface area contributed by atoms with Crippen LogP contribution in [-0.4, -0.2) is 0 Å². The third-order valence-corrected chi connectivity index (χ3v) is 6.25. The highest BCUT2D eigenvalue weighted by Gasteiger charge is 2.20. The van der Waals surface area contributed by atoms with Gasteiger partial charge in [-0.3, -0.25) is 0 Å². The van der Waals surface area contributed by atoms with Crippen molar-refractivity contribution in [1.82, 2.24) is 0 Å². The van der Waals surface area contributed by atoms with Crippen molar-refractivity contribution in [2.24, 2.45) is 5.41 Å². The summed E-state index contributed by atoms with van der Waals surface area (Å²) in [4.78, 5) is 2.13. The van der Waals surface area contributed by atoms with E-state index in [1.165, 1.54) is 33.4 Å². The Kier molecular flexibility index (Phi) is 8.05. The van der Waals surface area contributed by atoms with E-state index in [1.807, 2.05) is 0 Å². The first-order valence-corrected chi connectivity index (χ1v) is 11.5. The van der Waals surface area contributed by atoms with E-state index in [0.717, 1.165) is 17.8 Å². The van der Waals surface area contributed by atoms with Crippen LogP contribution in [0, 0.1) is 19.3 Å². The Labute approximate surface area is 196 Å². The van der Waals surface area contributed by atoms with Gasteiger partial charge in [-0.1, -0.05) is 77.6 Å². The third-order valence-electron chi connectivity index (χ3n) is 6.05. The topological polar surface area (TPSA) is 3.24 Å². The molecule has 0 radical (unpaired) electrons. The molecule has 1 nitrogen and oxygen atoms in total. The molecule has 2 aromatic rings. The van der Waals surface area contributed by atoms with Crippen LogP contribution in [0.3, 0.4) is 0 Å². The maximum atomic E-state index is 4.65. The minimum atomic E-state index is 0.102. The molecule has 2 heteroatoms. The quantitative estimate of drug-likeness (QED) is 0.337. The number of anilines is 1. The molecule has 0 saturated heterocycles. The summed E-state index contributed by atoms with van der Waals surface area (Å²) in [6.45, 7) is 26.1. The minimum absolute atomic E-state index is 0.102. The van der Waals surface area contributed by atoms with Crippen LogP contribution in [-0.2, 0) is 6.42 Å². The normalized spacial score (nSPS) is 12.3. The van der Waals surface area contributed by atoms with Gasteiger partial charge in [0, 0.05) is 11.4 Å². The molecular formula is C29H39NS. The van der Waals surface area contributed by atoms with Gasteiger partial charge in [-0.05, 0) is 84.5 Å². The number of allylic oxidation sites excluding steroid dienone is 2. The highest BCUT2D eigenvalue weighted by Crippen LogP contribution is 2.35. The lowest BCUT2D eigenvalue weighted by Crippen LogP contribution is -2.18. The molecule has 0 N–H and O–H groups in total. The highest BCUT2D eigenvalue weighted by molar-refractivity contribution is 7.84. The van der Waals surface area contributed by atoms with Crippen LogP contribution < -0.4 is 4.90 Å². The molecule has 0 fully saturated rings. The van der Waals surface area contributed by atoms with Gasteiger partial charge in [0.05, 0.1) is 5.03 Å². The summed E-state index contributed by atoms with van der Waals surface area (Å²) >= 11 is 4.65. The van der Waals surface area contributed by atoms with Crippen LogP contribution >= 0.6 is 12.6 Å². The van der Waals surface area contributed by atoms with Gasteiger partial charge in [-0.25, -0.2) is 0 Å². The van der Waals surface area contributed by atoms with Crippen LogP contribution in [0.2, 0.25) is 0 Å². The van der Waals surface area contributed by atoms with E-state index in [4.69, 9.17) is 0 Å². The third kappa shape index (κ3) is 5.95. The summed E-state index contributed by atoms with van der Waals surface area (Å²) in [5.41, 5.74) is 9.96. The zero-order valence-electron chi connectivity index (χ0n) is 20.6. The molecule has 0 aromatic heterocycles. The van der Waals surface area contributed by atoms with Crippen molar-refractivity contribution >= 4 is 24.0 Å². The molecule has 2 rings (SSSR count). The molecule has 0 spiro atoms. The lowest BCUT2D eigenvalue weighted by atomic mass is 9.81. The van der Waals surface area contributed by atoms with E-state index in [0.29, 0.717) is 10.9 Å². The van der Waals surface area contributed by atoms with Crippen LogP contribution in [0.1, 0.15) is 75.3 Å². The number of nitrogens with zero attached hydrogens (tertiary/aromatic N) is 1. The van der Waals surface area contributed by atoms with Gasteiger partial charge in [0.25, 0.3) is 0 Å². The van der Waals surface area contributed by atoms with Crippen LogP contribution in [0.5, 0.6) is 0 Å². The maximum Gasteiger partial charge on any atom is 0.0694 e. The summed E-state index contributed by atoms with van der Waals surface area (Å²) in [6, 6.07) is 13.3. The average molecular weight is 434 g/mol. The van der Waals surface area contributed by atoms with E-state index in [9.17, 15) is 0 Å². The first-order chi connectivity index (χ1) is 14.4. The summed E-state index contributed by atoms with van der Waals surface area (Å²) < 4.78 is 0. The lowest BCUT2D eigenvalue weighted by Gasteiger charge is -2.29. The number of hydrogen-bond donors (Lipinski definition) is 1. The monoisotopic (exact) mass is 433 g/mol. The van der Waals surface area contributed by atoms with Crippen molar-refractivity contribution in [1.29, 1.82) is 0 Å². The Morgan fingerprint density at radius 2 is 1.68 bits per heavy atom. The molecule has 0 heterocycles. The second kappa shape index (κ2) is 9.96. The van der Waals surface area contributed by atoms with E-state index in [-0.39, 0.29) is 5.41 Å². The summed E-state index contributed by atoms with van der Waals surface area (Å²) in [6.07, 6.45) is 3.05. The van der Waals surface area contributed by atoms with Crippen molar-refractivity contribution in [3.05, 3.63) is 94.1 Å². The Balaban J connectivity index is 2.55. The molecule has 0 aliphatic heterocycles. The van der Waals surface area contributed by atoms with Crippen molar-refractivity contribution in [3.8, 4) is 0 Å². The molecule has 2 aromatic carbocycles. The summed E-state index contributed by atoms with van der Waals surface area (Å²) in [5.74, 6) is 0.426. The molecule has 31 heavy (non-hydrogen) atoms. The second-order valence-electron chi connectivity index (χ2n) is 9.79. The van der Waals surface area contributed by atoms with Crippen molar-refractivity contribution in [2.45, 2.75) is 67.7 Å². The molecule has 0 aliphatic carbocycles. The Bertz CT molecular complexity index is 1000. The molecule has 0 unspecified atom stereocenters. The van der Waals surface area contributed by atoms with Gasteiger partial charge in [-0.2, -0.15) is 0 Å². The minimum Gasteiger partial charge on any atom is -0.305 e. The number of rotatable bonds is 7. The SMILES string of the molecule is C=C(S)N(/C(=C\C)c1ccc(CC(=C)C(C)(C)C)c(C(C)C)c1)c1ccc(C)c(C)c1. The fraction of sp³-hybridized carbons (Fsp3) is 0.379. The van der Waals surface area contributed by atoms with Crippen LogP contribution in [0.15, 0.2) is 66.2 Å². The molecule has 0 saturated carbocycles. The fourth-order valence-corrected chi connectivity index (χ4v) is 3.89. The number of benzene rings is 2. The number of thiol groups is 1. The van der Waals surface area contributed by atoms with Gasteiger partial charge >= 0.3 is 0 Å². The smallest absolute Gasteiger partial charge is 0.0694 e. The number of aryl methyl sites for hydroxylation is 2. The average Bonchev–Trinajstić information content (AvgIpc) is 2.67. The molecule has 0 bridgehead atoms. The van der Waals surface area contributed by atoms with Gasteiger partial charge < -0.3 is 4.90 Å². The van der Waals surface area contributed by atoms with Gasteiger partial charge in [0.2, 0.25) is 0 Å². The molecule has 0 aliphatic rings. The zero-order chi connectivity index (χ0) is 23.5. The number of hydrogen-bond acceptors (Lipinski definition) is 2. The molecule has 166 valence electrons. The van der Waals surface area contributed by atoms with Gasteiger partial charge in [-0.15, -0.1) is 12.6 Å². The Morgan fingerprint density at radius 1 is 1.03 bits per heavy atom. The zero-order valence-corrected chi connectivity index (χ0v) is 21.5. The predicted molar refractivity (Wildman–Crippen MR) is 143 cm³/mol. The molecule has 0 atom stereocenters. The highest BCUT2D eigenvalue weighted by atomic mass is 32.1. The Morgan fingerprint density at radius 3 is 2.16 bits per heavy atom. The second-order valence-corrected chi connectivity index (χ2v) is 10.3. The summed E-state index contributed by atoms with van der Waals surface area (Å²) in [7, 11) is 0. The van der Waals surface area contributed by atoms with Gasteiger partial charge in [0.1, 0.15) is 0 Å². The van der Waals surface area contributed by atoms with E-state index >= 15 is 0 Å². The van der Waals surface area contributed by atoms with Crippen LogP contribution in [0.4, 0.5) is 5.69 Å². The molecular weight excluding hydrogens is 394 g/mol. The lowest BCUT2D eigenvalue weighted by molar-refractivity contribution is 0.493. The van der Waals surface area contributed by atoms with Crippen LogP contribution in [0.25, 0.3) is 5.70 Å². The van der Waals surface area contributed by atoms with Crippen molar-refractivity contribution in [2.75, 3.05) is 4.90 Å². The van der Waals surface area contributed by atoms with E-state index in [1.54, 1.807) is 0 Å². The van der Waals surface area contributed by atoms with E-state index < -0.39 is 0 Å².